The monoisotopic (exact) mass is 255 g/mol. The lowest BCUT2D eigenvalue weighted by Crippen LogP contribution is -2.32. The molecule has 1 aliphatic rings. The number of carboxylic acid groups (broad SMARTS) is 1. The SMILES string of the molecule is CN(CC1CCCCC1)C(=O)CCCCC(=O)O. The van der Waals surface area contributed by atoms with Crippen molar-refractivity contribution in [3.63, 3.8) is 0 Å². The van der Waals surface area contributed by atoms with Crippen LogP contribution in [0.3, 0.4) is 0 Å². The number of hydrogen-bond acceptors (Lipinski definition) is 2. The predicted octanol–water partition coefficient (Wildman–Crippen LogP) is 2.67. The Labute approximate surface area is 109 Å². The standard InChI is InChI=1S/C14H25NO3/c1-15(11-12-7-3-2-4-8-12)13(16)9-5-6-10-14(17)18/h12H,2-11H2,1H3,(H,17,18). The molecule has 1 fully saturated rings. The van der Waals surface area contributed by atoms with Gasteiger partial charge in [-0.25, -0.2) is 0 Å². The fourth-order valence-corrected chi connectivity index (χ4v) is 2.60. The number of unbranched alkanes of at least 4 members (excludes halogenated alkanes) is 1. The molecule has 4 heteroatoms. The molecule has 1 aliphatic carbocycles. The van der Waals surface area contributed by atoms with E-state index in [1.807, 2.05) is 11.9 Å². The Morgan fingerprint density at radius 1 is 1.11 bits per heavy atom. The van der Waals surface area contributed by atoms with Gasteiger partial charge in [-0.15, -0.1) is 0 Å². The zero-order valence-corrected chi connectivity index (χ0v) is 11.4. The molecular weight excluding hydrogens is 230 g/mol. The Hall–Kier alpha value is -1.06. The van der Waals surface area contributed by atoms with Crippen LogP contribution in [0.4, 0.5) is 0 Å². The highest BCUT2D eigenvalue weighted by Gasteiger charge is 2.17. The molecule has 0 bridgehead atoms. The number of rotatable bonds is 7. The van der Waals surface area contributed by atoms with Crippen molar-refractivity contribution in [2.24, 2.45) is 5.92 Å². The van der Waals surface area contributed by atoms with Gasteiger partial charge in [0.15, 0.2) is 0 Å². The van der Waals surface area contributed by atoms with Gasteiger partial charge in [-0.1, -0.05) is 19.3 Å². The molecular formula is C14H25NO3. The number of carbonyl (C=O) groups is 2. The summed E-state index contributed by atoms with van der Waals surface area (Å²) in [5, 5.41) is 8.51. The van der Waals surface area contributed by atoms with Crippen LogP contribution in [0.1, 0.15) is 57.8 Å². The van der Waals surface area contributed by atoms with E-state index in [0.717, 1.165) is 6.54 Å². The average molecular weight is 255 g/mol. The Morgan fingerprint density at radius 2 is 1.72 bits per heavy atom. The summed E-state index contributed by atoms with van der Waals surface area (Å²) in [4.78, 5) is 24.0. The Balaban J connectivity index is 2.13. The molecule has 1 saturated carbocycles. The molecule has 1 N–H and O–H groups in total. The summed E-state index contributed by atoms with van der Waals surface area (Å²) in [6.45, 7) is 0.873. The third kappa shape index (κ3) is 6.03. The van der Waals surface area contributed by atoms with Crippen molar-refractivity contribution in [1.82, 2.24) is 4.90 Å². The lowest BCUT2D eigenvalue weighted by molar-refractivity contribution is -0.137. The van der Waals surface area contributed by atoms with E-state index in [2.05, 4.69) is 0 Å². The van der Waals surface area contributed by atoms with Crippen molar-refractivity contribution >= 4 is 11.9 Å². The molecule has 0 aromatic carbocycles. The highest BCUT2D eigenvalue weighted by atomic mass is 16.4. The van der Waals surface area contributed by atoms with Crippen LogP contribution in [0.25, 0.3) is 0 Å². The fourth-order valence-electron chi connectivity index (χ4n) is 2.60. The summed E-state index contributed by atoms with van der Waals surface area (Å²) in [6.07, 6.45) is 8.35. The van der Waals surface area contributed by atoms with Crippen LogP contribution in [0, 0.1) is 5.92 Å². The van der Waals surface area contributed by atoms with E-state index in [4.69, 9.17) is 5.11 Å². The Bertz CT molecular complexity index is 272. The number of nitrogens with zero attached hydrogens (tertiary/aromatic N) is 1. The first kappa shape index (κ1) is 15.0. The van der Waals surface area contributed by atoms with Crippen LogP contribution in [0.15, 0.2) is 0 Å². The van der Waals surface area contributed by atoms with Gasteiger partial charge < -0.3 is 10.0 Å². The second-order valence-corrected chi connectivity index (χ2v) is 5.38. The minimum Gasteiger partial charge on any atom is -0.481 e. The van der Waals surface area contributed by atoms with Crippen LogP contribution in [0.2, 0.25) is 0 Å². The lowest BCUT2D eigenvalue weighted by Gasteiger charge is -2.27. The largest absolute Gasteiger partial charge is 0.481 e. The van der Waals surface area contributed by atoms with Gasteiger partial charge in [0.1, 0.15) is 0 Å². The van der Waals surface area contributed by atoms with Gasteiger partial charge >= 0.3 is 5.97 Å². The average Bonchev–Trinajstić information content (AvgIpc) is 2.35. The molecule has 18 heavy (non-hydrogen) atoms. The van der Waals surface area contributed by atoms with Crippen LogP contribution < -0.4 is 0 Å². The zero-order chi connectivity index (χ0) is 13.4. The molecule has 1 rings (SSSR count). The fraction of sp³-hybridized carbons (Fsp3) is 0.857. The second kappa shape index (κ2) is 8.11. The molecule has 0 aromatic rings. The number of hydrogen-bond donors (Lipinski definition) is 1. The van der Waals surface area contributed by atoms with E-state index < -0.39 is 5.97 Å². The van der Waals surface area contributed by atoms with E-state index in [0.29, 0.717) is 25.2 Å². The van der Waals surface area contributed by atoms with Crippen LogP contribution >= 0.6 is 0 Å². The van der Waals surface area contributed by atoms with Gasteiger partial charge in [-0.05, 0) is 31.6 Å². The minimum absolute atomic E-state index is 0.158. The molecule has 4 nitrogen and oxygen atoms in total. The third-order valence-corrected chi connectivity index (χ3v) is 3.71. The number of carbonyl (C=O) groups excluding carboxylic acids is 1. The van der Waals surface area contributed by atoms with Crippen molar-refractivity contribution in [1.29, 1.82) is 0 Å². The van der Waals surface area contributed by atoms with Crippen LogP contribution in [0.5, 0.6) is 0 Å². The van der Waals surface area contributed by atoms with Gasteiger partial charge in [0.2, 0.25) is 5.91 Å². The summed E-state index contributed by atoms with van der Waals surface area (Å²) in [5.74, 6) is 0.0516. The molecule has 0 unspecified atom stereocenters. The van der Waals surface area contributed by atoms with Gasteiger partial charge in [-0.3, -0.25) is 9.59 Å². The normalized spacial score (nSPS) is 16.5. The molecule has 0 radical (unpaired) electrons. The summed E-state index contributed by atoms with van der Waals surface area (Å²) >= 11 is 0. The van der Waals surface area contributed by atoms with Gasteiger partial charge in [0, 0.05) is 26.4 Å². The van der Waals surface area contributed by atoms with E-state index in [-0.39, 0.29) is 12.3 Å². The second-order valence-electron chi connectivity index (χ2n) is 5.38. The van der Waals surface area contributed by atoms with E-state index in [1.54, 1.807) is 0 Å². The summed E-state index contributed by atoms with van der Waals surface area (Å²) in [6, 6.07) is 0. The van der Waals surface area contributed by atoms with Crippen LogP contribution in [-0.4, -0.2) is 35.5 Å². The lowest BCUT2D eigenvalue weighted by atomic mass is 9.89. The highest BCUT2D eigenvalue weighted by Crippen LogP contribution is 2.24. The maximum absolute atomic E-state index is 11.8. The molecule has 0 atom stereocenters. The summed E-state index contributed by atoms with van der Waals surface area (Å²) in [7, 11) is 1.87. The van der Waals surface area contributed by atoms with Crippen molar-refractivity contribution < 1.29 is 14.7 Å². The first-order chi connectivity index (χ1) is 8.59. The van der Waals surface area contributed by atoms with Crippen molar-refractivity contribution in [3.05, 3.63) is 0 Å². The molecule has 0 aromatic heterocycles. The third-order valence-electron chi connectivity index (χ3n) is 3.71. The van der Waals surface area contributed by atoms with Gasteiger partial charge in [0.25, 0.3) is 0 Å². The van der Waals surface area contributed by atoms with Gasteiger partial charge in [-0.2, -0.15) is 0 Å². The molecule has 0 heterocycles. The highest BCUT2D eigenvalue weighted by molar-refractivity contribution is 5.75. The molecule has 104 valence electrons. The molecule has 0 spiro atoms. The molecule has 0 saturated heterocycles. The predicted molar refractivity (Wildman–Crippen MR) is 70.3 cm³/mol. The molecule has 0 aliphatic heterocycles. The van der Waals surface area contributed by atoms with Gasteiger partial charge in [0.05, 0.1) is 0 Å². The van der Waals surface area contributed by atoms with Crippen molar-refractivity contribution in [3.8, 4) is 0 Å². The Morgan fingerprint density at radius 3 is 2.33 bits per heavy atom. The number of carboxylic acids is 1. The maximum Gasteiger partial charge on any atom is 0.303 e. The van der Waals surface area contributed by atoms with E-state index in [9.17, 15) is 9.59 Å². The smallest absolute Gasteiger partial charge is 0.303 e. The van der Waals surface area contributed by atoms with Crippen molar-refractivity contribution in [2.75, 3.05) is 13.6 Å². The van der Waals surface area contributed by atoms with E-state index in [1.165, 1.54) is 32.1 Å². The first-order valence-corrected chi connectivity index (χ1v) is 7.05. The maximum atomic E-state index is 11.8. The topological polar surface area (TPSA) is 57.6 Å². The number of aliphatic carboxylic acids is 1. The first-order valence-electron chi connectivity index (χ1n) is 7.05. The van der Waals surface area contributed by atoms with Crippen molar-refractivity contribution in [2.45, 2.75) is 57.8 Å². The zero-order valence-electron chi connectivity index (χ0n) is 11.4. The summed E-state index contributed by atoms with van der Waals surface area (Å²) < 4.78 is 0. The minimum atomic E-state index is -0.780. The Kier molecular flexibility index (Phi) is 6.76. The molecule has 1 amide bonds. The van der Waals surface area contributed by atoms with Crippen LogP contribution in [-0.2, 0) is 9.59 Å². The summed E-state index contributed by atoms with van der Waals surface area (Å²) in [5.41, 5.74) is 0. The quantitative estimate of drug-likeness (QED) is 0.711. The van der Waals surface area contributed by atoms with E-state index >= 15 is 0 Å². The number of amides is 1.